The molecule has 0 aliphatic carbocycles. The maximum atomic E-state index is 12.8. The zero-order valence-electron chi connectivity index (χ0n) is 5.89. The first-order valence-electron chi connectivity index (χ1n) is 2.88. The SMILES string of the molecule is CC1(F)COP(=O)(Cl)OC1(F)F. The molecule has 3 nitrogen and oxygen atoms in total. The highest BCUT2D eigenvalue weighted by molar-refractivity contribution is 7.81. The van der Waals surface area contributed by atoms with Crippen LogP contribution in [0.5, 0.6) is 0 Å². The van der Waals surface area contributed by atoms with Crippen molar-refractivity contribution >= 4 is 18.2 Å². The minimum Gasteiger partial charge on any atom is -0.293 e. The fourth-order valence-electron chi connectivity index (χ4n) is 0.541. The molecule has 72 valence electrons. The quantitative estimate of drug-likeness (QED) is 0.594. The minimum atomic E-state index is -4.31. The van der Waals surface area contributed by atoms with Gasteiger partial charge in [0.15, 0.2) is 0 Å². The van der Waals surface area contributed by atoms with Crippen LogP contribution in [0.2, 0.25) is 0 Å². The number of hydrogen-bond acceptors (Lipinski definition) is 3. The van der Waals surface area contributed by atoms with Gasteiger partial charge in [-0.25, -0.2) is 13.5 Å². The Morgan fingerprint density at radius 2 is 2.00 bits per heavy atom. The van der Waals surface area contributed by atoms with E-state index in [1.54, 1.807) is 0 Å². The van der Waals surface area contributed by atoms with Crippen LogP contribution >= 0.6 is 18.2 Å². The Labute approximate surface area is 71.1 Å². The fraction of sp³-hybridized carbons (Fsp3) is 1.00. The zero-order valence-corrected chi connectivity index (χ0v) is 7.54. The van der Waals surface area contributed by atoms with Gasteiger partial charge in [-0.3, -0.25) is 4.52 Å². The molecule has 1 heterocycles. The lowest BCUT2D eigenvalue weighted by atomic mass is 10.1. The Bertz CT molecular complexity index is 244. The van der Waals surface area contributed by atoms with Gasteiger partial charge in [0, 0.05) is 11.2 Å². The molecule has 0 aromatic carbocycles. The van der Waals surface area contributed by atoms with Crippen LogP contribution in [0.3, 0.4) is 0 Å². The molecule has 1 fully saturated rings. The Morgan fingerprint density at radius 1 is 1.50 bits per heavy atom. The van der Waals surface area contributed by atoms with Crippen molar-refractivity contribution in [1.82, 2.24) is 0 Å². The maximum absolute atomic E-state index is 12.8. The van der Waals surface area contributed by atoms with Crippen molar-refractivity contribution in [3.63, 3.8) is 0 Å². The Kier molecular flexibility index (Phi) is 2.24. The van der Waals surface area contributed by atoms with Crippen molar-refractivity contribution in [2.75, 3.05) is 6.61 Å². The summed E-state index contributed by atoms with van der Waals surface area (Å²) in [5.74, 6) is 0. The van der Waals surface area contributed by atoms with Gasteiger partial charge in [0.1, 0.15) is 6.61 Å². The lowest BCUT2D eigenvalue weighted by Gasteiger charge is -2.34. The molecule has 1 aliphatic heterocycles. The van der Waals surface area contributed by atoms with Crippen molar-refractivity contribution in [2.24, 2.45) is 0 Å². The van der Waals surface area contributed by atoms with Crippen LogP contribution in [0, 0.1) is 0 Å². The van der Waals surface area contributed by atoms with Crippen LogP contribution < -0.4 is 0 Å². The first-order chi connectivity index (χ1) is 5.16. The van der Waals surface area contributed by atoms with Gasteiger partial charge in [0.25, 0.3) is 0 Å². The molecular weight excluding hydrogens is 219 g/mol. The molecule has 0 aromatic heterocycles. The molecule has 8 heteroatoms. The monoisotopic (exact) mass is 224 g/mol. The van der Waals surface area contributed by atoms with Crippen molar-refractivity contribution in [3.8, 4) is 0 Å². The van der Waals surface area contributed by atoms with Gasteiger partial charge in [0.05, 0.1) is 0 Å². The largest absolute Gasteiger partial charge is 0.429 e. The molecule has 0 spiro atoms. The topological polar surface area (TPSA) is 35.5 Å². The van der Waals surface area contributed by atoms with E-state index in [2.05, 4.69) is 9.05 Å². The van der Waals surface area contributed by atoms with Gasteiger partial charge in [0.2, 0.25) is 5.67 Å². The van der Waals surface area contributed by atoms with Gasteiger partial charge in [-0.05, 0) is 6.92 Å². The zero-order chi connectivity index (χ0) is 9.62. The first kappa shape index (κ1) is 10.3. The molecule has 0 N–H and O–H groups in total. The van der Waals surface area contributed by atoms with E-state index in [0.717, 1.165) is 0 Å². The average Bonchev–Trinajstić information content (AvgIpc) is 1.79. The summed E-state index contributed by atoms with van der Waals surface area (Å²) in [6, 6.07) is 0. The second-order valence-corrected chi connectivity index (χ2v) is 5.05. The van der Waals surface area contributed by atoms with E-state index in [1.807, 2.05) is 0 Å². The minimum absolute atomic E-state index is 0.572. The molecule has 1 aliphatic rings. The third kappa shape index (κ3) is 1.76. The summed E-state index contributed by atoms with van der Waals surface area (Å²) in [7, 11) is 0. The van der Waals surface area contributed by atoms with Crippen molar-refractivity contribution < 1.29 is 26.8 Å². The van der Waals surface area contributed by atoms with E-state index in [9.17, 15) is 17.7 Å². The van der Waals surface area contributed by atoms with E-state index in [-0.39, 0.29) is 0 Å². The van der Waals surface area contributed by atoms with Crippen LogP contribution in [-0.2, 0) is 13.6 Å². The third-order valence-electron chi connectivity index (χ3n) is 1.32. The molecule has 0 radical (unpaired) electrons. The Balaban J connectivity index is 2.89. The molecule has 0 saturated carbocycles. The maximum Gasteiger partial charge on any atom is 0.429 e. The smallest absolute Gasteiger partial charge is 0.293 e. The molecule has 12 heavy (non-hydrogen) atoms. The van der Waals surface area contributed by atoms with Crippen LogP contribution in [0.15, 0.2) is 0 Å². The Morgan fingerprint density at radius 3 is 2.33 bits per heavy atom. The number of rotatable bonds is 0. The molecular formula is C4H5ClF3O3P. The molecule has 0 bridgehead atoms. The van der Waals surface area contributed by atoms with Gasteiger partial charge < -0.3 is 0 Å². The summed E-state index contributed by atoms with van der Waals surface area (Å²) in [4.78, 5) is 0. The third-order valence-corrected chi connectivity index (χ3v) is 2.71. The number of hydrogen-bond donors (Lipinski definition) is 0. The summed E-state index contributed by atoms with van der Waals surface area (Å²) >= 11 is 4.85. The van der Waals surface area contributed by atoms with Gasteiger partial charge >= 0.3 is 13.1 Å². The molecule has 1 saturated heterocycles. The fourth-order valence-corrected chi connectivity index (χ4v) is 1.86. The van der Waals surface area contributed by atoms with E-state index in [1.165, 1.54) is 0 Å². The van der Waals surface area contributed by atoms with E-state index in [0.29, 0.717) is 6.92 Å². The molecule has 0 amide bonds. The summed E-state index contributed by atoms with van der Waals surface area (Å²) in [6.45, 7) is -4.79. The molecule has 2 atom stereocenters. The van der Waals surface area contributed by atoms with Crippen LogP contribution in [0.1, 0.15) is 6.92 Å². The lowest BCUT2D eigenvalue weighted by molar-refractivity contribution is -0.283. The standard InChI is InChI=1S/C4H5ClF3O3P/c1-3(6)2-10-12(5,9)11-4(3,7)8/h2H2,1H3. The van der Waals surface area contributed by atoms with Crippen molar-refractivity contribution in [3.05, 3.63) is 0 Å². The second kappa shape index (κ2) is 2.61. The summed E-state index contributed by atoms with van der Waals surface area (Å²) in [5.41, 5.74) is -3.00. The summed E-state index contributed by atoms with van der Waals surface area (Å²) < 4.78 is 56.0. The summed E-state index contributed by atoms with van der Waals surface area (Å²) in [5, 5.41) is 0. The summed E-state index contributed by atoms with van der Waals surface area (Å²) in [6.07, 6.45) is -4.18. The molecule has 1 rings (SSSR count). The van der Waals surface area contributed by atoms with E-state index < -0.39 is 25.3 Å². The van der Waals surface area contributed by atoms with Crippen LogP contribution in [-0.4, -0.2) is 18.4 Å². The average molecular weight is 225 g/mol. The van der Waals surface area contributed by atoms with Crippen LogP contribution in [0.4, 0.5) is 13.2 Å². The lowest BCUT2D eigenvalue weighted by Crippen LogP contribution is -2.49. The second-order valence-electron chi connectivity index (χ2n) is 2.51. The van der Waals surface area contributed by atoms with E-state index >= 15 is 0 Å². The number of halogens is 4. The number of alkyl halides is 3. The van der Waals surface area contributed by atoms with Gasteiger partial charge in [-0.2, -0.15) is 8.78 Å². The van der Waals surface area contributed by atoms with Crippen molar-refractivity contribution in [2.45, 2.75) is 18.7 Å². The molecule has 2 unspecified atom stereocenters. The van der Waals surface area contributed by atoms with E-state index in [4.69, 9.17) is 11.2 Å². The normalized spacial score (nSPS) is 47.4. The highest BCUT2D eigenvalue weighted by atomic mass is 35.7. The highest BCUT2D eigenvalue weighted by Crippen LogP contribution is 2.63. The van der Waals surface area contributed by atoms with Crippen molar-refractivity contribution in [1.29, 1.82) is 0 Å². The first-order valence-corrected chi connectivity index (χ1v) is 5.33. The molecule has 0 aromatic rings. The Hall–Kier alpha value is 0.230. The van der Waals surface area contributed by atoms with Crippen LogP contribution in [0.25, 0.3) is 0 Å². The van der Waals surface area contributed by atoms with Gasteiger partial charge in [-0.1, -0.05) is 0 Å². The predicted molar refractivity (Wildman–Crippen MR) is 35.0 cm³/mol. The van der Waals surface area contributed by atoms with Gasteiger partial charge in [-0.15, -0.1) is 0 Å². The predicted octanol–water partition coefficient (Wildman–Crippen LogP) is 2.70. The highest BCUT2D eigenvalue weighted by Gasteiger charge is 2.61.